The molecule has 132 valence electrons. The van der Waals surface area contributed by atoms with E-state index in [1.807, 2.05) is 6.92 Å². The van der Waals surface area contributed by atoms with Crippen LogP contribution in [0.2, 0.25) is 0 Å². The van der Waals surface area contributed by atoms with Gasteiger partial charge in [0.15, 0.2) is 0 Å². The first kappa shape index (κ1) is 18.3. The molecule has 4 atom stereocenters. The van der Waals surface area contributed by atoms with Gasteiger partial charge in [0.25, 0.3) is 0 Å². The van der Waals surface area contributed by atoms with Gasteiger partial charge in [0.2, 0.25) is 0 Å². The maximum Gasteiger partial charge on any atom is 0.305 e. The second kappa shape index (κ2) is 6.10. The van der Waals surface area contributed by atoms with Gasteiger partial charge in [0.05, 0.1) is 13.5 Å². The van der Waals surface area contributed by atoms with Crippen molar-refractivity contribution in [2.45, 2.75) is 78.7 Å². The maximum atomic E-state index is 12.1. The molecule has 2 saturated carbocycles. The van der Waals surface area contributed by atoms with Crippen molar-refractivity contribution in [1.82, 2.24) is 0 Å². The Morgan fingerprint density at radius 3 is 2.30 bits per heavy atom. The monoisotopic (exact) mass is 324 g/mol. The molecule has 23 heavy (non-hydrogen) atoms. The highest BCUT2D eigenvalue weighted by Gasteiger charge is 2.60. The molecule has 0 aromatic rings. The summed E-state index contributed by atoms with van der Waals surface area (Å²) in [7, 11) is 1.43. The predicted octanol–water partition coefficient (Wildman–Crippen LogP) is 4.11. The second-order valence-electron chi connectivity index (χ2n) is 8.68. The zero-order valence-electron chi connectivity index (χ0n) is 15.5. The Kier molecular flexibility index (Phi) is 4.85. The molecule has 2 fully saturated rings. The molecule has 0 aromatic heterocycles. The molecule has 0 radical (unpaired) electrons. The van der Waals surface area contributed by atoms with Crippen LogP contribution in [0.4, 0.5) is 0 Å². The minimum absolute atomic E-state index is 0.00160. The zero-order valence-corrected chi connectivity index (χ0v) is 15.5. The number of ether oxygens (including phenoxy) is 2. The summed E-state index contributed by atoms with van der Waals surface area (Å²) < 4.78 is 10.7. The molecule has 2 aliphatic carbocycles. The van der Waals surface area contributed by atoms with Crippen LogP contribution in [0, 0.1) is 22.7 Å². The number of hydrogen-bond donors (Lipinski definition) is 0. The number of hydrogen-bond acceptors (Lipinski definition) is 4. The molecule has 0 aliphatic heterocycles. The molecule has 4 nitrogen and oxygen atoms in total. The lowest BCUT2D eigenvalue weighted by Gasteiger charge is -2.61. The van der Waals surface area contributed by atoms with Crippen LogP contribution < -0.4 is 0 Å². The molecule has 2 rings (SSSR count). The van der Waals surface area contributed by atoms with Gasteiger partial charge in [0, 0.05) is 12.8 Å². The SMILES string of the molecule is COC(=O)C[C@H]1[C@](C)(OC(C)=O)CCC2C(C)(C)CCC[C@@]21C. The number of rotatable bonds is 3. The Balaban J connectivity index is 2.42. The predicted molar refractivity (Wildman–Crippen MR) is 88.8 cm³/mol. The number of methoxy groups -OCH3 is 1. The molecular weight excluding hydrogens is 292 g/mol. The highest BCUT2D eigenvalue weighted by molar-refractivity contribution is 5.70. The van der Waals surface area contributed by atoms with Crippen LogP contribution in [0.15, 0.2) is 0 Å². The van der Waals surface area contributed by atoms with E-state index in [2.05, 4.69) is 20.8 Å². The summed E-state index contributed by atoms with van der Waals surface area (Å²) in [5.74, 6) is 0.0739. The first-order valence-electron chi connectivity index (χ1n) is 8.81. The summed E-state index contributed by atoms with van der Waals surface area (Å²) in [4.78, 5) is 23.7. The third kappa shape index (κ3) is 3.27. The Morgan fingerprint density at radius 2 is 1.74 bits per heavy atom. The zero-order chi connectivity index (χ0) is 17.5. The van der Waals surface area contributed by atoms with Gasteiger partial charge >= 0.3 is 11.9 Å². The molecule has 1 unspecified atom stereocenters. The van der Waals surface area contributed by atoms with E-state index in [1.54, 1.807) is 0 Å². The highest BCUT2D eigenvalue weighted by Crippen LogP contribution is 2.63. The van der Waals surface area contributed by atoms with Gasteiger partial charge in [-0.1, -0.05) is 27.2 Å². The Hall–Kier alpha value is -1.06. The van der Waals surface area contributed by atoms with Crippen molar-refractivity contribution in [2.24, 2.45) is 22.7 Å². The molecule has 0 aromatic carbocycles. The van der Waals surface area contributed by atoms with Crippen molar-refractivity contribution in [3.63, 3.8) is 0 Å². The second-order valence-corrected chi connectivity index (χ2v) is 8.68. The van der Waals surface area contributed by atoms with E-state index < -0.39 is 5.60 Å². The Bertz CT molecular complexity index is 484. The topological polar surface area (TPSA) is 52.6 Å². The van der Waals surface area contributed by atoms with E-state index in [1.165, 1.54) is 20.5 Å². The summed E-state index contributed by atoms with van der Waals surface area (Å²) in [6.07, 6.45) is 5.65. The highest BCUT2D eigenvalue weighted by atomic mass is 16.6. The van der Waals surface area contributed by atoms with Gasteiger partial charge in [-0.2, -0.15) is 0 Å². The summed E-state index contributed by atoms with van der Waals surface area (Å²) in [5, 5.41) is 0. The number of carbonyl (C=O) groups excluding carboxylic acids is 2. The molecule has 0 bridgehead atoms. The van der Waals surface area contributed by atoms with Crippen molar-refractivity contribution >= 4 is 11.9 Å². The molecule has 0 spiro atoms. The third-order valence-corrected chi connectivity index (χ3v) is 6.71. The van der Waals surface area contributed by atoms with Gasteiger partial charge < -0.3 is 9.47 Å². The van der Waals surface area contributed by atoms with Gasteiger partial charge in [-0.15, -0.1) is 0 Å². The van der Waals surface area contributed by atoms with E-state index in [0.29, 0.717) is 12.3 Å². The lowest BCUT2D eigenvalue weighted by molar-refractivity contribution is -0.202. The van der Waals surface area contributed by atoms with Gasteiger partial charge in [0.1, 0.15) is 5.60 Å². The quantitative estimate of drug-likeness (QED) is 0.733. The Labute approximate surface area is 140 Å². The first-order valence-corrected chi connectivity index (χ1v) is 8.81. The van der Waals surface area contributed by atoms with Crippen molar-refractivity contribution in [2.75, 3.05) is 7.11 Å². The number of fused-ring (bicyclic) bond motifs is 1. The molecule has 2 aliphatic rings. The van der Waals surface area contributed by atoms with Crippen LogP contribution >= 0.6 is 0 Å². The van der Waals surface area contributed by atoms with Crippen LogP contribution in [0.3, 0.4) is 0 Å². The number of carbonyl (C=O) groups is 2. The Morgan fingerprint density at radius 1 is 1.09 bits per heavy atom. The standard InChI is InChI=1S/C19H32O4/c1-13(20)23-19(5)11-8-14-17(2,3)9-7-10-18(14,4)15(19)12-16(21)22-6/h14-15H,7-12H2,1-6H3/t14?,15-,18+,19-/m1/s1. The van der Waals surface area contributed by atoms with Crippen LogP contribution in [-0.4, -0.2) is 24.6 Å². The van der Waals surface area contributed by atoms with Crippen molar-refractivity contribution in [1.29, 1.82) is 0 Å². The van der Waals surface area contributed by atoms with Gasteiger partial charge in [-0.3, -0.25) is 9.59 Å². The summed E-state index contributed by atoms with van der Waals surface area (Å²) in [6.45, 7) is 10.5. The minimum atomic E-state index is -0.585. The van der Waals surface area contributed by atoms with Crippen molar-refractivity contribution < 1.29 is 19.1 Å². The van der Waals surface area contributed by atoms with Crippen molar-refractivity contribution in [3.8, 4) is 0 Å². The summed E-state index contributed by atoms with van der Waals surface area (Å²) >= 11 is 0. The fraction of sp³-hybridized carbons (Fsp3) is 0.895. The van der Waals surface area contributed by atoms with Gasteiger partial charge in [-0.05, 0) is 49.4 Å². The van der Waals surface area contributed by atoms with Crippen LogP contribution in [0.5, 0.6) is 0 Å². The number of esters is 2. The van der Waals surface area contributed by atoms with E-state index >= 15 is 0 Å². The van der Waals surface area contributed by atoms with E-state index in [4.69, 9.17) is 9.47 Å². The van der Waals surface area contributed by atoms with Crippen molar-refractivity contribution in [3.05, 3.63) is 0 Å². The van der Waals surface area contributed by atoms with Crippen LogP contribution in [-0.2, 0) is 19.1 Å². The normalized spacial score (nSPS) is 39.2. The summed E-state index contributed by atoms with van der Waals surface area (Å²) in [5.41, 5.74) is -0.323. The average Bonchev–Trinajstić information content (AvgIpc) is 2.41. The van der Waals surface area contributed by atoms with Crippen LogP contribution in [0.1, 0.15) is 73.1 Å². The van der Waals surface area contributed by atoms with E-state index in [-0.39, 0.29) is 28.7 Å². The fourth-order valence-electron chi connectivity index (χ4n) is 5.76. The molecular formula is C19H32O4. The largest absolute Gasteiger partial charge is 0.469 e. The average molecular weight is 324 g/mol. The molecule has 0 heterocycles. The lowest BCUT2D eigenvalue weighted by atomic mass is 9.45. The van der Waals surface area contributed by atoms with Crippen LogP contribution in [0.25, 0.3) is 0 Å². The third-order valence-electron chi connectivity index (χ3n) is 6.71. The molecule has 0 amide bonds. The maximum absolute atomic E-state index is 12.1. The van der Waals surface area contributed by atoms with Gasteiger partial charge in [-0.25, -0.2) is 0 Å². The molecule has 0 N–H and O–H groups in total. The lowest BCUT2D eigenvalue weighted by Crippen LogP contribution is -2.59. The fourth-order valence-corrected chi connectivity index (χ4v) is 5.76. The minimum Gasteiger partial charge on any atom is -0.469 e. The van der Waals surface area contributed by atoms with E-state index in [0.717, 1.165) is 25.7 Å². The molecule has 4 heteroatoms. The first-order chi connectivity index (χ1) is 10.5. The van der Waals surface area contributed by atoms with E-state index in [9.17, 15) is 9.59 Å². The summed E-state index contributed by atoms with van der Waals surface area (Å²) in [6, 6.07) is 0. The molecule has 0 saturated heterocycles. The smallest absolute Gasteiger partial charge is 0.305 e.